The van der Waals surface area contributed by atoms with E-state index in [-0.39, 0.29) is 19.1 Å². The van der Waals surface area contributed by atoms with Gasteiger partial charge in [0.1, 0.15) is 0 Å². The molecule has 0 radical (unpaired) electrons. The molecule has 0 aliphatic heterocycles. The van der Waals surface area contributed by atoms with E-state index in [9.17, 15) is 9.90 Å². The van der Waals surface area contributed by atoms with Gasteiger partial charge in [0.2, 0.25) is 5.91 Å². The van der Waals surface area contributed by atoms with Gasteiger partial charge >= 0.3 is 0 Å². The molecule has 0 bridgehead atoms. The highest BCUT2D eigenvalue weighted by Gasteiger charge is 2.10. The Kier molecular flexibility index (Phi) is 7.51. The fraction of sp³-hybridized carbons (Fsp3) is 0.278. The Morgan fingerprint density at radius 1 is 1.04 bits per heavy atom. The molecule has 0 aromatic heterocycles. The molecule has 122 valence electrons. The predicted octanol–water partition coefficient (Wildman–Crippen LogP) is 2.77. The summed E-state index contributed by atoms with van der Waals surface area (Å²) in [5.74, 6) is -0.0623. The molecule has 0 saturated carbocycles. The molecule has 1 amide bonds. The number of amides is 1. The molecule has 0 spiro atoms. The SMILES string of the molecule is O=C(CN(CCO)CCc1ccccc1)Nc1ccc(I)cc1. The topological polar surface area (TPSA) is 52.6 Å². The van der Waals surface area contributed by atoms with E-state index in [0.29, 0.717) is 6.54 Å². The van der Waals surface area contributed by atoms with Crippen molar-refractivity contribution < 1.29 is 9.90 Å². The summed E-state index contributed by atoms with van der Waals surface area (Å²) in [6, 6.07) is 17.8. The van der Waals surface area contributed by atoms with Gasteiger partial charge in [-0.1, -0.05) is 30.3 Å². The number of anilines is 1. The number of nitrogens with zero attached hydrogens (tertiary/aromatic N) is 1. The summed E-state index contributed by atoms with van der Waals surface area (Å²) in [5.41, 5.74) is 2.02. The number of rotatable bonds is 8. The van der Waals surface area contributed by atoms with Crippen LogP contribution in [0.4, 0.5) is 5.69 Å². The number of hydrogen-bond donors (Lipinski definition) is 2. The van der Waals surface area contributed by atoms with Crippen LogP contribution in [-0.2, 0) is 11.2 Å². The number of halogens is 1. The van der Waals surface area contributed by atoms with Gasteiger partial charge in [-0.25, -0.2) is 0 Å². The Bertz CT molecular complexity index is 602. The van der Waals surface area contributed by atoms with Crippen LogP contribution in [-0.4, -0.2) is 42.2 Å². The molecular weight excluding hydrogens is 403 g/mol. The van der Waals surface area contributed by atoms with Crippen LogP contribution < -0.4 is 5.32 Å². The summed E-state index contributed by atoms with van der Waals surface area (Å²) in [6.45, 7) is 1.56. The second-order valence-electron chi connectivity index (χ2n) is 5.29. The molecule has 2 rings (SSSR count). The van der Waals surface area contributed by atoms with Crippen molar-refractivity contribution in [3.05, 3.63) is 63.7 Å². The second kappa shape index (κ2) is 9.64. The lowest BCUT2D eigenvalue weighted by molar-refractivity contribution is -0.117. The Morgan fingerprint density at radius 2 is 1.74 bits per heavy atom. The molecular formula is C18H21IN2O2. The van der Waals surface area contributed by atoms with Crippen LogP contribution in [0.3, 0.4) is 0 Å². The van der Waals surface area contributed by atoms with Crippen molar-refractivity contribution in [2.45, 2.75) is 6.42 Å². The lowest BCUT2D eigenvalue weighted by Gasteiger charge is -2.20. The second-order valence-corrected chi connectivity index (χ2v) is 6.54. The van der Waals surface area contributed by atoms with Crippen LogP contribution in [0, 0.1) is 3.57 Å². The Balaban J connectivity index is 1.85. The molecule has 4 nitrogen and oxygen atoms in total. The van der Waals surface area contributed by atoms with E-state index in [4.69, 9.17) is 0 Å². The fourth-order valence-electron chi connectivity index (χ4n) is 2.28. The number of carbonyl (C=O) groups is 1. The Labute approximate surface area is 150 Å². The smallest absolute Gasteiger partial charge is 0.238 e. The minimum atomic E-state index is -0.0623. The van der Waals surface area contributed by atoms with Crippen LogP contribution in [0.2, 0.25) is 0 Å². The molecule has 0 unspecified atom stereocenters. The number of benzene rings is 2. The van der Waals surface area contributed by atoms with Crippen molar-refractivity contribution in [3.63, 3.8) is 0 Å². The van der Waals surface area contributed by atoms with Crippen molar-refractivity contribution >= 4 is 34.2 Å². The van der Waals surface area contributed by atoms with Crippen LogP contribution in [0.1, 0.15) is 5.56 Å². The average molecular weight is 424 g/mol. The largest absolute Gasteiger partial charge is 0.395 e. The third-order valence-electron chi connectivity index (χ3n) is 3.47. The number of aliphatic hydroxyl groups excluding tert-OH is 1. The zero-order chi connectivity index (χ0) is 16.5. The summed E-state index contributed by atoms with van der Waals surface area (Å²) < 4.78 is 1.13. The van der Waals surface area contributed by atoms with Gasteiger partial charge in [0, 0.05) is 22.3 Å². The minimum absolute atomic E-state index is 0.0472. The first-order valence-corrected chi connectivity index (χ1v) is 8.68. The van der Waals surface area contributed by atoms with Crippen molar-refractivity contribution in [2.24, 2.45) is 0 Å². The highest BCUT2D eigenvalue weighted by Crippen LogP contribution is 2.11. The van der Waals surface area contributed by atoms with Gasteiger partial charge in [-0.15, -0.1) is 0 Å². The highest BCUT2D eigenvalue weighted by atomic mass is 127. The van der Waals surface area contributed by atoms with E-state index in [2.05, 4.69) is 40.0 Å². The minimum Gasteiger partial charge on any atom is -0.395 e. The molecule has 0 saturated heterocycles. The molecule has 23 heavy (non-hydrogen) atoms. The van der Waals surface area contributed by atoms with Crippen molar-refractivity contribution in [3.8, 4) is 0 Å². The summed E-state index contributed by atoms with van der Waals surface area (Å²) >= 11 is 2.23. The maximum absolute atomic E-state index is 12.2. The Morgan fingerprint density at radius 3 is 2.39 bits per heavy atom. The average Bonchev–Trinajstić information content (AvgIpc) is 2.56. The lowest BCUT2D eigenvalue weighted by Crippen LogP contribution is -2.36. The Hall–Kier alpha value is -1.44. The third kappa shape index (κ3) is 6.68. The molecule has 0 heterocycles. The van der Waals surface area contributed by atoms with Crippen LogP contribution in [0.15, 0.2) is 54.6 Å². The van der Waals surface area contributed by atoms with E-state index >= 15 is 0 Å². The molecule has 0 aliphatic rings. The van der Waals surface area contributed by atoms with E-state index < -0.39 is 0 Å². The van der Waals surface area contributed by atoms with Crippen LogP contribution in [0.5, 0.6) is 0 Å². The number of carbonyl (C=O) groups excluding carboxylic acids is 1. The zero-order valence-corrected chi connectivity index (χ0v) is 15.1. The quantitative estimate of drug-likeness (QED) is 0.641. The van der Waals surface area contributed by atoms with Gasteiger partial charge in [-0.3, -0.25) is 9.69 Å². The van der Waals surface area contributed by atoms with Gasteiger partial charge in [0.25, 0.3) is 0 Å². The van der Waals surface area contributed by atoms with Crippen molar-refractivity contribution in [1.29, 1.82) is 0 Å². The van der Waals surface area contributed by atoms with E-state index in [1.165, 1.54) is 5.56 Å². The fourth-order valence-corrected chi connectivity index (χ4v) is 2.64. The molecule has 2 N–H and O–H groups in total. The zero-order valence-electron chi connectivity index (χ0n) is 12.9. The van der Waals surface area contributed by atoms with Crippen LogP contribution in [0.25, 0.3) is 0 Å². The van der Waals surface area contributed by atoms with Gasteiger partial charge < -0.3 is 10.4 Å². The molecule has 0 atom stereocenters. The summed E-state index contributed by atoms with van der Waals surface area (Å²) in [4.78, 5) is 14.1. The molecule has 0 aliphatic carbocycles. The maximum atomic E-state index is 12.2. The van der Waals surface area contributed by atoms with Crippen molar-refractivity contribution in [1.82, 2.24) is 4.90 Å². The number of nitrogens with one attached hydrogen (secondary N) is 1. The number of aliphatic hydroxyl groups is 1. The van der Waals surface area contributed by atoms with Gasteiger partial charge in [0.05, 0.1) is 13.2 Å². The summed E-state index contributed by atoms with van der Waals surface area (Å²) in [7, 11) is 0. The first-order valence-electron chi connectivity index (χ1n) is 7.60. The first-order chi connectivity index (χ1) is 11.2. The summed E-state index contributed by atoms with van der Waals surface area (Å²) in [6.07, 6.45) is 0.859. The normalized spacial score (nSPS) is 10.7. The maximum Gasteiger partial charge on any atom is 0.238 e. The lowest BCUT2D eigenvalue weighted by atomic mass is 10.1. The van der Waals surface area contributed by atoms with Gasteiger partial charge in [-0.05, 0) is 58.8 Å². The first kappa shape index (κ1) is 17.9. The van der Waals surface area contributed by atoms with E-state index in [1.54, 1.807) is 0 Å². The number of hydrogen-bond acceptors (Lipinski definition) is 3. The third-order valence-corrected chi connectivity index (χ3v) is 4.19. The predicted molar refractivity (Wildman–Crippen MR) is 101 cm³/mol. The molecule has 2 aromatic carbocycles. The molecule has 2 aromatic rings. The van der Waals surface area contributed by atoms with Gasteiger partial charge in [-0.2, -0.15) is 0 Å². The molecule has 0 fully saturated rings. The van der Waals surface area contributed by atoms with Crippen molar-refractivity contribution in [2.75, 3.05) is 31.6 Å². The monoisotopic (exact) mass is 424 g/mol. The highest BCUT2D eigenvalue weighted by molar-refractivity contribution is 14.1. The summed E-state index contributed by atoms with van der Waals surface area (Å²) in [5, 5.41) is 12.1. The molecule has 5 heteroatoms. The van der Waals surface area contributed by atoms with Crippen LogP contribution >= 0.6 is 22.6 Å². The van der Waals surface area contributed by atoms with Gasteiger partial charge in [0.15, 0.2) is 0 Å². The van der Waals surface area contributed by atoms with E-state index in [1.807, 2.05) is 47.4 Å². The standard InChI is InChI=1S/C18H21IN2O2/c19-16-6-8-17(9-7-16)20-18(23)14-21(12-13-22)11-10-15-4-2-1-3-5-15/h1-9,22H,10-14H2,(H,20,23). The van der Waals surface area contributed by atoms with E-state index in [0.717, 1.165) is 22.2 Å².